The van der Waals surface area contributed by atoms with Gasteiger partial charge in [-0.1, -0.05) is 6.92 Å². The molecule has 1 rings (SSSR count). The van der Waals surface area contributed by atoms with Gasteiger partial charge in [0.25, 0.3) is 5.91 Å². The lowest BCUT2D eigenvalue weighted by molar-refractivity contribution is -0.137. The zero-order valence-electron chi connectivity index (χ0n) is 10.2. The fourth-order valence-corrected chi connectivity index (χ4v) is 1.47. The largest absolute Gasteiger partial charge is 0.416 e. The van der Waals surface area contributed by atoms with Crippen LogP contribution in [-0.4, -0.2) is 18.5 Å². The normalized spacial score (nSPS) is 13.2. The van der Waals surface area contributed by atoms with Crippen LogP contribution in [0.1, 0.15) is 29.3 Å². The van der Waals surface area contributed by atoms with Gasteiger partial charge in [0, 0.05) is 12.6 Å². The minimum Gasteiger partial charge on any atom is -0.348 e. The molecule has 7 heteroatoms. The molecule has 0 aliphatic carbocycles. The summed E-state index contributed by atoms with van der Waals surface area (Å²) in [4.78, 5) is 11.7. The minimum absolute atomic E-state index is 0.128. The number of alkyl halides is 3. The van der Waals surface area contributed by atoms with Crippen molar-refractivity contribution in [1.82, 2.24) is 5.32 Å². The topological polar surface area (TPSA) is 55.1 Å². The van der Waals surface area contributed by atoms with E-state index in [1.807, 2.05) is 0 Å². The lowest BCUT2D eigenvalue weighted by Crippen LogP contribution is -2.40. The number of nitrogens with one attached hydrogen (secondary N) is 1. The van der Waals surface area contributed by atoms with Crippen molar-refractivity contribution in [3.8, 4) is 0 Å². The predicted molar refractivity (Wildman–Crippen MR) is 62.0 cm³/mol. The van der Waals surface area contributed by atoms with E-state index >= 15 is 0 Å². The third-order valence-electron chi connectivity index (χ3n) is 2.65. The number of carbonyl (C=O) groups is 1. The van der Waals surface area contributed by atoms with Crippen molar-refractivity contribution >= 4 is 5.91 Å². The van der Waals surface area contributed by atoms with E-state index in [9.17, 15) is 22.4 Å². The molecule has 1 unspecified atom stereocenters. The van der Waals surface area contributed by atoms with Crippen LogP contribution in [0.15, 0.2) is 18.2 Å². The summed E-state index contributed by atoms with van der Waals surface area (Å²) >= 11 is 0. The van der Waals surface area contributed by atoms with E-state index < -0.39 is 35.1 Å². The van der Waals surface area contributed by atoms with Crippen LogP contribution in [0.5, 0.6) is 0 Å². The molecule has 0 aliphatic heterocycles. The summed E-state index contributed by atoms with van der Waals surface area (Å²) in [7, 11) is 0. The SMILES string of the molecule is CCC(CN)NC(=O)c1cc(C(F)(F)F)ccc1F. The third kappa shape index (κ3) is 3.92. The molecular weight excluding hydrogens is 264 g/mol. The molecule has 1 aromatic rings. The molecule has 0 aromatic heterocycles. The Morgan fingerprint density at radius 2 is 2.05 bits per heavy atom. The molecule has 0 fully saturated rings. The van der Waals surface area contributed by atoms with Crippen molar-refractivity contribution in [1.29, 1.82) is 0 Å². The summed E-state index contributed by atoms with van der Waals surface area (Å²) in [6.07, 6.45) is -4.12. The van der Waals surface area contributed by atoms with Gasteiger partial charge in [-0.15, -0.1) is 0 Å². The molecule has 1 aromatic carbocycles. The van der Waals surface area contributed by atoms with E-state index in [4.69, 9.17) is 5.73 Å². The van der Waals surface area contributed by atoms with Crippen LogP contribution in [0.25, 0.3) is 0 Å². The van der Waals surface area contributed by atoms with E-state index in [2.05, 4.69) is 5.32 Å². The van der Waals surface area contributed by atoms with Crippen LogP contribution in [0.2, 0.25) is 0 Å². The number of carbonyl (C=O) groups excluding carboxylic acids is 1. The monoisotopic (exact) mass is 278 g/mol. The molecule has 3 N–H and O–H groups in total. The predicted octanol–water partition coefficient (Wildman–Crippen LogP) is 2.31. The lowest BCUT2D eigenvalue weighted by Gasteiger charge is -2.15. The molecule has 1 amide bonds. The highest BCUT2D eigenvalue weighted by Crippen LogP contribution is 2.30. The maximum atomic E-state index is 13.4. The average Bonchev–Trinajstić information content (AvgIpc) is 2.34. The number of halogens is 4. The van der Waals surface area contributed by atoms with Gasteiger partial charge in [0.2, 0.25) is 0 Å². The molecule has 0 spiro atoms. The first kappa shape index (κ1) is 15.4. The van der Waals surface area contributed by atoms with Gasteiger partial charge in [0.1, 0.15) is 5.82 Å². The maximum Gasteiger partial charge on any atom is 0.416 e. The highest BCUT2D eigenvalue weighted by atomic mass is 19.4. The van der Waals surface area contributed by atoms with E-state index in [0.717, 1.165) is 0 Å². The molecule has 0 saturated carbocycles. The molecule has 0 bridgehead atoms. The summed E-state index contributed by atoms with van der Waals surface area (Å²) < 4.78 is 50.9. The second kappa shape index (κ2) is 6.01. The fourth-order valence-electron chi connectivity index (χ4n) is 1.47. The number of nitrogens with two attached hydrogens (primary N) is 1. The zero-order chi connectivity index (χ0) is 14.6. The molecule has 0 heterocycles. The van der Waals surface area contributed by atoms with E-state index in [1.54, 1.807) is 6.92 Å². The second-order valence-corrected chi connectivity index (χ2v) is 4.01. The smallest absolute Gasteiger partial charge is 0.348 e. The van der Waals surface area contributed by atoms with Crippen LogP contribution in [0.3, 0.4) is 0 Å². The summed E-state index contributed by atoms with van der Waals surface area (Å²) in [5.74, 6) is -1.90. The summed E-state index contributed by atoms with van der Waals surface area (Å²) in [6, 6.07) is 1.31. The Labute approximate surface area is 107 Å². The zero-order valence-corrected chi connectivity index (χ0v) is 10.2. The Bertz CT molecular complexity index is 456. The van der Waals surface area contributed by atoms with Crippen LogP contribution >= 0.6 is 0 Å². The van der Waals surface area contributed by atoms with Gasteiger partial charge in [-0.25, -0.2) is 4.39 Å². The second-order valence-electron chi connectivity index (χ2n) is 4.01. The molecule has 3 nitrogen and oxygen atoms in total. The van der Waals surface area contributed by atoms with Crippen molar-refractivity contribution in [2.75, 3.05) is 6.54 Å². The minimum atomic E-state index is -4.62. The molecule has 19 heavy (non-hydrogen) atoms. The van der Waals surface area contributed by atoms with Crippen molar-refractivity contribution in [3.63, 3.8) is 0 Å². The van der Waals surface area contributed by atoms with E-state index in [-0.39, 0.29) is 6.54 Å². The third-order valence-corrected chi connectivity index (χ3v) is 2.65. The van der Waals surface area contributed by atoms with Crippen LogP contribution < -0.4 is 11.1 Å². The van der Waals surface area contributed by atoms with Gasteiger partial charge in [0.15, 0.2) is 0 Å². The Morgan fingerprint density at radius 3 is 2.53 bits per heavy atom. The highest BCUT2D eigenvalue weighted by Gasteiger charge is 2.32. The summed E-state index contributed by atoms with van der Waals surface area (Å²) in [5.41, 5.74) is 3.65. The Balaban J connectivity index is 3.02. The van der Waals surface area contributed by atoms with Gasteiger partial charge in [-0.05, 0) is 24.6 Å². The van der Waals surface area contributed by atoms with Gasteiger partial charge in [0.05, 0.1) is 11.1 Å². The molecule has 106 valence electrons. The number of amides is 1. The first-order valence-electron chi connectivity index (χ1n) is 5.67. The van der Waals surface area contributed by atoms with Crippen LogP contribution in [0, 0.1) is 5.82 Å². The number of hydrogen-bond donors (Lipinski definition) is 2. The van der Waals surface area contributed by atoms with E-state index in [0.29, 0.717) is 24.6 Å². The van der Waals surface area contributed by atoms with Gasteiger partial charge < -0.3 is 11.1 Å². The number of hydrogen-bond acceptors (Lipinski definition) is 2. The molecular formula is C12H14F4N2O. The molecule has 0 saturated heterocycles. The average molecular weight is 278 g/mol. The quantitative estimate of drug-likeness (QED) is 0.830. The molecule has 0 aliphatic rings. The fraction of sp³-hybridized carbons (Fsp3) is 0.417. The molecule has 1 atom stereocenters. The van der Waals surface area contributed by atoms with Gasteiger partial charge >= 0.3 is 6.18 Å². The van der Waals surface area contributed by atoms with E-state index in [1.165, 1.54) is 0 Å². The summed E-state index contributed by atoms with van der Waals surface area (Å²) in [5, 5.41) is 2.38. The standard InChI is InChI=1S/C12H14F4N2O/c1-2-8(6-17)18-11(19)9-5-7(12(14,15)16)3-4-10(9)13/h3-5,8H,2,6,17H2,1H3,(H,18,19). The Morgan fingerprint density at radius 1 is 1.42 bits per heavy atom. The lowest BCUT2D eigenvalue weighted by atomic mass is 10.1. The Kier molecular flexibility index (Phi) is 4.88. The summed E-state index contributed by atoms with van der Waals surface area (Å²) in [6.45, 7) is 1.88. The maximum absolute atomic E-state index is 13.4. The van der Waals surface area contributed by atoms with Crippen molar-refractivity contribution in [3.05, 3.63) is 35.1 Å². The van der Waals surface area contributed by atoms with Crippen molar-refractivity contribution in [2.45, 2.75) is 25.6 Å². The number of benzene rings is 1. The number of rotatable bonds is 4. The van der Waals surface area contributed by atoms with Crippen LogP contribution in [0.4, 0.5) is 17.6 Å². The molecule has 0 radical (unpaired) electrons. The first-order valence-corrected chi connectivity index (χ1v) is 5.67. The van der Waals surface area contributed by atoms with Gasteiger partial charge in [-0.3, -0.25) is 4.79 Å². The van der Waals surface area contributed by atoms with Crippen molar-refractivity contribution in [2.24, 2.45) is 5.73 Å². The van der Waals surface area contributed by atoms with Crippen molar-refractivity contribution < 1.29 is 22.4 Å². The Hall–Kier alpha value is -1.63. The van der Waals surface area contributed by atoms with Crippen LogP contribution in [-0.2, 0) is 6.18 Å². The van der Waals surface area contributed by atoms with Gasteiger partial charge in [-0.2, -0.15) is 13.2 Å². The first-order chi connectivity index (χ1) is 8.79. The highest BCUT2D eigenvalue weighted by molar-refractivity contribution is 5.94.